The van der Waals surface area contributed by atoms with Crippen molar-refractivity contribution >= 4 is 17.5 Å². The van der Waals surface area contributed by atoms with Crippen molar-refractivity contribution in [3.05, 3.63) is 31.1 Å². The number of likely N-dealkylation sites (tertiary alicyclic amines) is 1. The summed E-state index contributed by atoms with van der Waals surface area (Å²) in [7, 11) is 0. The van der Waals surface area contributed by atoms with E-state index in [4.69, 9.17) is 0 Å². The van der Waals surface area contributed by atoms with Crippen LogP contribution in [-0.2, 0) is 22.7 Å². The Kier molecular flexibility index (Phi) is 4.40. The molecule has 0 aliphatic carbocycles. The van der Waals surface area contributed by atoms with Crippen molar-refractivity contribution in [2.75, 3.05) is 11.9 Å². The van der Waals surface area contributed by atoms with Crippen LogP contribution in [0.25, 0.3) is 0 Å². The molecule has 1 unspecified atom stereocenters. The summed E-state index contributed by atoms with van der Waals surface area (Å²) in [5.74, 6) is -1.10. The highest BCUT2D eigenvalue weighted by atomic mass is 16.2. The predicted molar refractivity (Wildman–Crippen MR) is 83.5 cm³/mol. The molecule has 122 valence electrons. The molecule has 3 heterocycles. The van der Waals surface area contributed by atoms with E-state index in [1.54, 1.807) is 34.5 Å². The Morgan fingerprint density at radius 3 is 3.00 bits per heavy atom. The second-order valence-electron chi connectivity index (χ2n) is 5.59. The zero-order valence-corrected chi connectivity index (χ0v) is 13.1. The van der Waals surface area contributed by atoms with Crippen molar-refractivity contribution in [2.45, 2.75) is 38.9 Å². The van der Waals surface area contributed by atoms with Gasteiger partial charge in [-0.3, -0.25) is 14.3 Å². The molecule has 1 saturated heterocycles. The average Bonchev–Trinajstić information content (AvgIpc) is 3.28. The summed E-state index contributed by atoms with van der Waals surface area (Å²) >= 11 is 0. The van der Waals surface area contributed by atoms with Crippen LogP contribution >= 0.6 is 0 Å². The van der Waals surface area contributed by atoms with Gasteiger partial charge in [-0.2, -0.15) is 5.10 Å². The molecule has 3 rings (SSSR count). The van der Waals surface area contributed by atoms with Crippen molar-refractivity contribution in [2.24, 2.45) is 0 Å². The highest BCUT2D eigenvalue weighted by Crippen LogP contribution is 2.19. The van der Waals surface area contributed by atoms with Gasteiger partial charge in [0.1, 0.15) is 0 Å². The second-order valence-corrected chi connectivity index (χ2v) is 5.59. The van der Waals surface area contributed by atoms with Gasteiger partial charge in [-0.1, -0.05) is 0 Å². The van der Waals surface area contributed by atoms with Crippen LogP contribution in [0.5, 0.6) is 0 Å². The number of nitrogens with zero attached hydrogens (tertiary/aromatic N) is 5. The van der Waals surface area contributed by atoms with Gasteiger partial charge in [-0.05, 0) is 19.8 Å². The van der Waals surface area contributed by atoms with Gasteiger partial charge in [0.25, 0.3) is 0 Å². The van der Waals surface area contributed by atoms with E-state index in [-0.39, 0.29) is 6.04 Å². The number of aromatic nitrogens is 4. The van der Waals surface area contributed by atoms with Gasteiger partial charge in [0.2, 0.25) is 0 Å². The van der Waals surface area contributed by atoms with E-state index in [2.05, 4.69) is 15.4 Å². The Balaban J connectivity index is 1.62. The third-order valence-corrected chi connectivity index (χ3v) is 4.03. The molecular weight excluding hydrogens is 296 g/mol. The molecule has 0 bridgehead atoms. The number of carbonyl (C=O) groups is 2. The van der Waals surface area contributed by atoms with Gasteiger partial charge < -0.3 is 14.8 Å². The SMILES string of the molecule is CCn1cc(NC(=O)C(=O)N2CCCC2Cn2ccnc2)cn1. The zero-order valence-electron chi connectivity index (χ0n) is 13.1. The Labute approximate surface area is 134 Å². The molecule has 0 saturated carbocycles. The summed E-state index contributed by atoms with van der Waals surface area (Å²) in [6.45, 7) is 3.93. The first kappa shape index (κ1) is 15.3. The van der Waals surface area contributed by atoms with Gasteiger partial charge in [-0.15, -0.1) is 0 Å². The fraction of sp³-hybridized carbons (Fsp3) is 0.467. The topological polar surface area (TPSA) is 85.0 Å². The summed E-state index contributed by atoms with van der Waals surface area (Å²) in [6, 6.07) is 0.0285. The summed E-state index contributed by atoms with van der Waals surface area (Å²) in [6.07, 6.45) is 10.3. The van der Waals surface area contributed by atoms with Crippen LogP contribution in [0.1, 0.15) is 19.8 Å². The van der Waals surface area contributed by atoms with Crippen LogP contribution in [0, 0.1) is 0 Å². The number of amides is 2. The Bertz CT molecular complexity index is 678. The van der Waals surface area contributed by atoms with Crippen LogP contribution in [0.3, 0.4) is 0 Å². The molecular formula is C15H20N6O2. The molecule has 0 radical (unpaired) electrons. The maximum absolute atomic E-state index is 12.4. The number of hydrogen-bond donors (Lipinski definition) is 1. The molecule has 0 aromatic carbocycles. The molecule has 1 fully saturated rings. The van der Waals surface area contributed by atoms with Gasteiger partial charge in [0.05, 0.1) is 24.3 Å². The molecule has 1 atom stereocenters. The van der Waals surface area contributed by atoms with Gasteiger partial charge in [0.15, 0.2) is 0 Å². The Hall–Kier alpha value is -2.64. The number of hydrogen-bond acceptors (Lipinski definition) is 4. The molecule has 2 amide bonds. The maximum Gasteiger partial charge on any atom is 0.314 e. The number of anilines is 1. The number of nitrogens with one attached hydrogen (secondary N) is 1. The number of imidazole rings is 1. The molecule has 2 aromatic rings. The highest BCUT2D eigenvalue weighted by molar-refractivity contribution is 6.39. The second kappa shape index (κ2) is 6.64. The monoisotopic (exact) mass is 316 g/mol. The lowest BCUT2D eigenvalue weighted by molar-refractivity contribution is -0.143. The summed E-state index contributed by atoms with van der Waals surface area (Å²) < 4.78 is 3.62. The quantitative estimate of drug-likeness (QED) is 0.843. The smallest absolute Gasteiger partial charge is 0.314 e. The first-order chi connectivity index (χ1) is 11.2. The lowest BCUT2D eigenvalue weighted by Crippen LogP contribution is -2.44. The fourth-order valence-electron chi connectivity index (χ4n) is 2.85. The largest absolute Gasteiger partial charge is 0.335 e. The lowest BCUT2D eigenvalue weighted by Gasteiger charge is -2.24. The predicted octanol–water partition coefficient (Wildman–Crippen LogP) is 0.729. The molecule has 2 aromatic heterocycles. The van der Waals surface area contributed by atoms with Gasteiger partial charge in [-0.25, -0.2) is 4.98 Å². The third kappa shape index (κ3) is 3.41. The molecule has 8 heteroatoms. The van der Waals surface area contributed by atoms with E-state index >= 15 is 0 Å². The van der Waals surface area contributed by atoms with Crippen molar-refractivity contribution in [1.82, 2.24) is 24.2 Å². The van der Waals surface area contributed by atoms with Crippen molar-refractivity contribution in [1.29, 1.82) is 0 Å². The van der Waals surface area contributed by atoms with E-state index in [1.165, 1.54) is 0 Å². The highest BCUT2D eigenvalue weighted by Gasteiger charge is 2.32. The average molecular weight is 316 g/mol. The van der Waals surface area contributed by atoms with E-state index < -0.39 is 11.8 Å². The minimum Gasteiger partial charge on any atom is -0.335 e. The Morgan fingerprint density at radius 2 is 2.30 bits per heavy atom. The third-order valence-electron chi connectivity index (χ3n) is 4.03. The number of aryl methyl sites for hydroxylation is 1. The molecule has 1 aliphatic heterocycles. The first-order valence-electron chi connectivity index (χ1n) is 7.77. The first-order valence-corrected chi connectivity index (χ1v) is 7.77. The summed E-state index contributed by atoms with van der Waals surface area (Å²) in [5, 5.41) is 6.70. The van der Waals surface area contributed by atoms with Crippen molar-refractivity contribution in [3.63, 3.8) is 0 Å². The minimum absolute atomic E-state index is 0.0285. The minimum atomic E-state index is -0.613. The standard InChI is InChI=1S/C15H20N6O2/c1-2-20-9-12(8-17-20)18-14(22)15(23)21-6-3-4-13(21)10-19-7-5-16-11-19/h5,7-9,11,13H,2-4,6,10H2,1H3,(H,18,22). The number of rotatable bonds is 4. The van der Waals surface area contributed by atoms with E-state index in [0.717, 1.165) is 12.8 Å². The zero-order chi connectivity index (χ0) is 16.2. The van der Waals surface area contributed by atoms with E-state index in [1.807, 2.05) is 17.7 Å². The van der Waals surface area contributed by atoms with Gasteiger partial charge >= 0.3 is 11.8 Å². The fourth-order valence-corrected chi connectivity index (χ4v) is 2.85. The van der Waals surface area contributed by atoms with Crippen LogP contribution in [-0.4, -0.2) is 48.6 Å². The van der Waals surface area contributed by atoms with Crippen molar-refractivity contribution in [3.8, 4) is 0 Å². The maximum atomic E-state index is 12.4. The van der Waals surface area contributed by atoms with E-state index in [9.17, 15) is 9.59 Å². The normalized spacial score (nSPS) is 17.4. The molecule has 23 heavy (non-hydrogen) atoms. The summed E-state index contributed by atoms with van der Waals surface area (Å²) in [4.78, 5) is 30.3. The van der Waals surface area contributed by atoms with Crippen LogP contribution in [0.15, 0.2) is 31.1 Å². The molecule has 0 spiro atoms. The van der Waals surface area contributed by atoms with Crippen molar-refractivity contribution < 1.29 is 9.59 Å². The van der Waals surface area contributed by atoms with E-state index in [0.29, 0.717) is 25.3 Å². The molecule has 8 nitrogen and oxygen atoms in total. The Morgan fingerprint density at radius 1 is 1.43 bits per heavy atom. The summed E-state index contributed by atoms with van der Waals surface area (Å²) in [5.41, 5.74) is 0.538. The number of carbonyl (C=O) groups excluding carboxylic acids is 2. The van der Waals surface area contributed by atoms with Crippen LogP contribution < -0.4 is 5.32 Å². The van der Waals surface area contributed by atoms with Crippen LogP contribution in [0.2, 0.25) is 0 Å². The molecule has 1 N–H and O–H groups in total. The van der Waals surface area contributed by atoms with Crippen LogP contribution in [0.4, 0.5) is 5.69 Å². The van der Waals surface area contributed by atoms with Gasteiger partial charge in [0, 0.05) is 38.2 Å². The molecule has 1 aliphatic rings. The lowest BCUT2D eigenvalue weighted by atomic mass is 10.2.